The monoisotopic (exact) mass is 493 g/mol. The summed E-state index contributed by atoms with van der Waals surface area (Å²) in [4.78, 5) is 63.0. The van der Waals surface area contributed by atoms with Crippen molar-refractivity contribution in [2.75, 3.05) is 13.1 Å². The smallest absolute Gasteiger partial charge is 0.326 e. The Balaban J connectivity index is 2.72. The molecule has 1 rings (SSSR count). The standard InChI is InChI=1S/C21H31N7O7/c22-13(9-12-5-2-1-3-6-12)18(32)26-11-16(29)27-14(7-4-8-25-21(23)24)19(33)28-15(20(34)35)10-17(30)31/h1-3,5-6,13-15H,4,7-11,22H2,(H,26,32)(H,27,29)(H,28,33)(H,30,31)(H,34,35)(H4,23,24,25). The van der Waals surface area contributed by atoms with Gasteiger partial charge in [0, 0.05) is 6.54 Å². The zero-order valence-corrected chi connectivity index (χ0v) is 19.0. The first-order valence-corrected chi connectivity index (χ1v) is 10.7. The number of carboxylic acid groups (broad SMARTS) is 2. The maximum absolute atomic E-state index is 12.6. The number of aliphatic carboxylic acids is 2. The van der Waals surface area contributed by atoms with Gasteiger partial charge < -0.3 is 43.4 Å². The highest BCUT2D eigenvalue weighted by atomic mass is 16.4. The van der Waals surface area contributed by atoms with Crippen LogP contribution in [0.1, 0.15) is 24.8 Å². The van der Waals surface area contributed by atoms with Gasteiger partial charge in [-0.2, -0.15) is 0 Å². The molecule has 0 fully saturated rings. The van der Waals surface area contributed by atoms with Gasteiger partial charge in [-0.15, -0.1) is 0 Å². The van der Waals surface area contributed by atoms with Gasteiger partial charge in [0.2, 0.25) is 17.7 Å². The highest BCUT2D eigenvalue weighted by Gasteiger charge is 2.28. The van der Waals surface area contributed by atoms with Crippen LogP contribution >= 0.6 is 0 Å². The fourth-order valence-electron chi connectivity index (χ4n) is 2.92. The summed E-state index contributed by atoms with van der Waals surface area (Å²) in [5, 5.41) is 24.8. The normalized spacial score (nSPS) is 12.9. The van der Waals surface area contributed by atoms with E-state index >= 15 is 0 Å². The average Bonchev–Trinajstić information content (AvgIpc) is 2.78. The number of carbonyl (C=O) groups is 5. The van der Waals surface area contributed by atoms with E-state index in [0.29, 0.717) is 0 Å². The van der Waals surface area contributed by atoms with Crippen molar-refractivity contribution in [1.29, 1.82) is 0 Å². The lowest BCUT2D eigenvalue weighted by Gasteiger charge is -2.21. The second-order valence-corrected chi connectivity index (χ2v) is 7.58. The zero-order chi connectivity index (χ0) is 26.4. The van der Waals surface area contributed by atoms with E-state index in [9.17, 15) is 24.0 Å². The van der Waals surface area contributed by atoms with Crippen LogP contribution < -0.4 is 33.2 Å². The topological polar surface area (TPSA) is 252 Å². The van der Waals surface area contributed by atoms with Gasteiger partial charge in [-0.25, -0.2) is 4.79 Å². The van der Waals surface area contributed by atoms with Crippen molar-refractivity contribution in [2.24, 2.45) is 22.2 Å². The first-order valence-electron chi connectivity index (χ1n) is 10.7. The van der Waals surface area contributed by atoms with Crippen molar-refractivity contribution in [3.05, 3.63) is 35.9 Å². The number of guanidine groups is 1. The van der Waals surface area contributed by atoms with Crippen LogP contribution in [0.25, 0.3) is 0 Å². The molecule has 14 heteroatoms. The predicted octanol–water partition coefficient (Wildman–Crippen LogP) is -2.74. The summed E-state index contributed by atoms with van der Waals surface area (Å²) < 4.78 is 0. The molecule has 3 unspecified atom stereocenters. The zero-order valence-electron chi connectivity index (χ0n) is 19.0. The minimum absolute atomic E-state index is 0.00916. The quantitative estimate of drug-likeness (QED) is 0.0710. The largest absolute Gasteiger partial charge is 0.481 e. The van der Waals surface area contributed by atoms with Crippen molar-refractivity contribution < 1.29 is 34.2 Å². The van der Waals surface area contributed by atoms with Crippen LogP contribution in [0.2, 0.25) is 0 Å². The number of amides is 3. The van der Waals surface area contributed by atoms with E-state index in [1.54, 1.807) is 24.3 Å². The van der Waals surface area contributed by atoms with Crippen molar-refractivity contribution in [3.63, 3.8) is 0 Å². The van der Waals surface area contributed by atoms with E-state index < -0.39 is 60.8 Å². The molecule has 1 aromatic carbocycles. The van der Waals surface area contributed by atoms with Crippen LogP contribution in [0.15, 0.2) is 35.3 Å². The first-order chi connectivity index (χ1) is 16.5. The fourth-order valence-corrected chi connectivity index (χ4v) is 2.92. The maximum Gasteiger partial charge on any atom is 0.326 e. The van der Waals surface area contributed by atoms with Gasteiger partial charge in [0.05, 0.1) is 19.0 Å². The molecule has 0 heterocycles. The summed E-state index contributed by atoms with van der Waals surface area (Å²) in [7, 11) is 0. The summed E-state index contributed by atoms with van der Waals surface area (Å²) in [5.41, 5.74) is 17.2. The molecule has 0 spiro atoms. The van der Waals surface area contributed by atoms with E-state index in [1.165, 1.54) is 0 Å². The molecule has 0 radical (unpaired) electrons. The molecule has 0 saturated heterocycles. The van der Waals surface area contributed by atoms with Crippen molar-refractivity contribution in [1.82, 2.24) is 16.0 Å². The van der Waals surface area contributed by atoms with Crippen molar-refractivity contribution in [2.45, 2.75) is 43.8 Å². The van der Waals surface area contributed by atoms with Gasteiger partial charge in [-0.3, -0.25) is 24.2 Å². The van der Waals surface area contributed by atoms with Crippen LogP contribution in [0.3, 0.4) is 0 Å². The lowest BCUT2D eigenvalue weighted by atomic mass is 10.1. The summed E-state index contributed by atoms with van der Waals surface area (Å²) in [5.74, 6) is -5.38. The summed E-state index contributed by atoms with van der Waals surface area (Å²) in [6, 6.07) is 5.20. The molecule has 192 valence electrons. The summed E-state index contributed by atoms with van der Waals surface area (Å²) >= 11 is 0. The number of hydrogen-bond donors (Lipinski definition) is 8. The Bertz CT molecular complexity index is 920. The number of aliphatic imine (C=N–C) groups is 1. The second kappa shape index (κ2) is 14.8. The minimum atomic E-state index is -1.70. The molecule has 0 bridgehead atoms. The Kier molecular flexibility index (Phi) is 12.2. The van der Waals surface area contributed by atoms with Gasteiger partial charge in [-0.05, 0) is 24.8 Å². The summed E-state index contributed by atoms with van der Waals surface area (Å²) in [6.07, 6.45) is -0.355. The molecule has 0 saturated carbocycles. The van der Waals surface area contributed by atoms with Crippen molar-refractivity contribution in [3.8, 4) is 0 Å². The van der Waals surface area contributed by atoms with Gasteiger partial charge in [0.25, 0.3) is 0 Å². The number of carboxylic acids is 2. The number of nitrogens with one attached hydrogen (secondary N) is 3. The third-order valence-electron chi connectivity index (χ3n) is 4.65. The van der Waals surface area contributed by atoms with E-state index in [4.69, 9.17) is 27.4 Å². The molecule has 14 nitrogen and oxygen atoms in total. The number of rotatable bonds is 15. The SMILES string of the molecule is NC(N)=NCCCC(NC(=O)CNC(=O)C(N)Cc1ccccc1)C(=O)NC(CC(=O)O)C(=O)O. The fraction of sp³-hybridized carbons (Fsp3) is 0.429. The minimum Gasteiger partial charge on any atom is -0.481 e. The van der Waals surface area contributed by atoms with E-state index in [1.807, 2.05) is 6.07 Å². The number of hydrogen-bond acceptors (Lipinski definition) is 7. The molecule has 0 aromatic heterocycles. The number of benzene rings is 1. The first kappa shape index (κ1) is 28.8. The Labute approximate surface area is 201 Å². The molecule has 3 atom stereocenters. The lowest BCUT2D eigenvalue weighted by Crippen LogP contribution is -2.54. The third-order valence-corrected chi connectivity index (χ3v) is 4.65. The average molecular weight is 494 g/mol. The van der Waals surface area contributed by atoms with Crippen LogP contribution in [0.5, 0.6) is 0 Å². The van der Waals surface area contributed by atoms with Crippen molar-refractivity contribution >= 4 is 35.6 Å². The van der Waals surface area contributed by atoms with Crippen LogP contribution in [-0.4, -0.2) is 77.0 Å². The van der Waals surface area contributed by atoms with Crippen LogP contribution in [0, 0.1) is 0 Å². The van der Waals surface area contributed by atoms with Gasteiger partial charge >= 0.3 is 11.9 Å². The molecular weight excluding hydrogens is 462 g/mol. The van der Waals surface area contributed by atoms with Crippen LogP contribution in [0.4, 0.5) is 0 Å². The van der Waals surface area contributed by atoms with Gasteiger partial charge in [-0.1, -0.05) is 30.3 Å². The molecule has 0 aliphatic rings. The van der Waals surface area contributed by atoms with E-state index in [0.717, 1.165) is 5.56 Å². The van der Waals surface area contributed by atoms with E-state index in [-0.39, 0.29) is 31.8 Å². The maximum atomic E-state index is 12.6. The van der Waals surface area contributed by atoms with Gasteiger partial charge in [0.1, 0.15) is 12.1 Å². The molecule has 0 aliphatic carbocycles. The number of carbonyl (C=O) groups excluding carboxylic acids is 3. The molecule has 0 aliphatic heterocycles. The Morgan fingerprint density at radius 1 is 0.943 bits per heavy atom. The molecule has 35 heavy (non-hydrogen) atoms. The molecule has 1 aromatic rings. The Morgan fingerprint density at radius 2 is 1.60 bits per heavy atom. The highest BCUT2D eigenvalue weighted by Crippen LogP contribution is 2.03. The number of nitrogens with two attached hydrogens (primary N) is 3. The molecule has 3 amide bonds. The van der Waals surface area contributed by atoms with Gasteiger partial charge in [0.15, 0.2) is 5.96 Å². The predicted molar refractivity (Wildman–Crippen MR) is 125 cm³/mol. The highest BCUT2D eigenvalue weighted by molar-refractivity contribution is 5.93. The second-order valence-electron chi connectivity index (χ2n) is 7.58. The number of nitrogens with zero attached hydrogens (tertiary/aromatic N) is 1. The Hall–Kier alpha value is -4.20. The third kappa shape index (κ3) is 12.0. The summed E-state index contributed by atoms with van der Waals surface area (Å²) in [6.45, 7) is -0.360. The molecular formula is C21H31N7O7. The van der Waals surface area contributed by atoms with E-state index in [2.05, 4.69) is 20.9 Å². The lowest BCUT2D eigenvalue weighted by molar-refractivity contribution is -0.147. The van der Waals surface area contributed by atoms with Crippen LogP contribution in [-0.2, 0) is 30.4 Å². The molecule has 11 N–H and O–H groups in total. The Morgan fingerprint density at radius 3 is 2.17 bits per heavy atom.